The molecule has 0 spiro atoms. The van der Waals surface area contributed by atoms with E-state index >= 15 is 0 Å². The topological polar surface area (TPSA) is 155 Å². The van der Waals surface area contributed by atoms with Gasteiger partial charge in [-0.25, -0.2) is 9.48 Å². The van der Waals surface area contributed by atoms with Crippen LogP contribution in [0.15, 0.2) is 24.4 Å². The Morgan fingerprint density at radius 1 is 1.19 bits per heavy atom. The molecule has 2 aromatic rings. The van der Waals surface area contributed by atoms with Crippen LogP contribution in [0.1, 0.15) is 45.5 Å². The zero-order valence-electron chi connectivity index (χ0n) is 17.3. The summed E-state index contributed by atoms with van der Waals surface area (Å²) in [5, 5.41) is 14.9. The summed E-state index contributed by atoms with van der Waals surface area (Å²) in [5.74, 6) is -1.66. The second-order valence-electron chi connectivity index (χ2n) is 7.55. The Hall–Kier alpha value is -4.09. The molecule has 0 saturated carbocycles. The predicted molar refractivity (Wildman–Crippen MR) is 109 cm³/mol. The fourth-order valence-electron chi connectivity index (χ4n) is 3.73. The molecule has 0 bridgehead atoms. The second kappa shape index (κ2) is 8.57. The molecule has 2 aliphatic rings. The molecule has 1 saturated heterocycles. The van der Waals surface area contributed by atoms with E-state index in [0.717, 1.165) is 10.5 Å². The number of nitrogens with one attached hydrogen (secondary N) is 3. The quantitative estimate of drug-likeness (QED) is 0.422. The molecule has 0 aliphatic carbocycles. The van der Waals surface area contributed by atoms with Crippen molar-refractivity contribution in [3.05, 3.63) is 41.1 Å². The number of benzene rings is 1. The lowest BCUT2D eigenvalue weighted by Gasteiger charge is -2.27. The third-order valence-electron chi connectivity index (χ3n) is 5.39. The number of hydrogen-bond acceptors (Lipinski definition) is 7. The number of amides is 6. The summed E-state index contributed by atoms with van der Waals surface area (Å²) in [6.07, 6.45) is 2.80. The highest BCUT2D eigenvalue weighted by atomic mass is 16.2. The Kier molecular flexibility index (Phi) is 5.67. The molecule has 12 nitrogen and oxygen atoms in total. The zero-order valence-corrected chi connectivity index (χ0v) is 17.3. The van der Waals surface area contributed by atoms with Crippen molar-refractivity contribution in [3.8, 4) is 0 Å². The lowest BCUT2D eigenvalue weighted by atomic mass is 10.0. The van der Waals surface area contributed by atoms with Crippen LogP contribution in [0.5, 0.6) is 0 Å². The molecule has 3 heterocycles. The number of fused-ring (bicyclic) bond motifs is 1. The lowest BCUT2D eigenvalue weighted by molar-refractivity contribution is -0.136. The highest BCUT2D eigenvalue weighted by Crippen LogP contribution is 2.28. The number of rotatable bonds is 6. The Balaban J connectivity index is 1.33. The van der Waals surface area contributed by atoms with Crippen molar-refractivity contribution in [2.75, 3.05) is 11.9 Å². The highest BCUT2D eigenvalue weighted by molar-refractivity contribution is 6.23. The number of carbonyl (C=O) groups is 5. The van der Waals surface area contributed by atoms with Crippen LogP contribution in [0, 0.1) is 0 Å². The van der Waals surface area contributed by atoms with E-state index in [1.165, 1.54) is 10.9 Å². The summed E-state index contributed by atoms with van der Waals surface area (Å²) in [5.41, 5.74) is 1.31. The lowest BCUT2D eigenvalue weighted by Crippen LogP contribution is -2.54. The van der Waals surface area contributed by atoms with Crippen molar-refractivity contribution in [1.82, 2.24) is 30.5 Å². The van der Waals surface area contributed by atoms with Crippen molar-refractivity contribution in [2.45, 2.75) is 31.7 Å². The van der Waals surface area contributed by atoms with Crippen molar-refractivity contribution in [2.24, 2.45) is 7.05 Å². The first-order chi connectivity index (χ1) is 15.3. The van der Waals surface area contributed by atoms with E-state index in [9.17, 15) is 24.0 Å². The minimum absolute atomic E-state index is 0.0761. The van der Waals surface area contributed by atoms with Crippen LogP contribution in [0.25, 0.3) is 0 Å². The molecular formula is C20H21N7O5. The van der Waals surface area contributed by atoms with Gasteiger partial charge < -0.3 is 5.32 Å². The average molecular weight is 439 g/mol. The van der Waals surface area contributed by atoms with Crippen LogP contribution in [-0.2, 0) is 23.1 Å². The SMILES string of the molecule is Cn1nncc1NC(=O)NCCCc1ccc2c(c1)C(=O)N(C1CCC(=O)NC1=O)C2=O. The van der Waals surface area contributed by atoms with E-state index in [0.29, 0.717) is 25.2 Å². The summed E-state index contributed by atoms with van der Waals surface area (Å²) >= 11 is 0. The van der Waals surface area contributed by atoms with Gasteiger partial charge in [0.15, 0.2) is 5.82 Å². The molecule has 4 rings (SSSR count). The number of piperidine rings is 1. The van der Waals surface area contributed by atoms with Crippen molar-refractivity contribution >= 4 is 35.5 Å². The molecule has 2 aliphatic heterocycles. The van der Waals surface area contributed by atoms with Gasteiger partial charge in [0, 0.05) is 20.0 Å². The van der Waals surface area contributed by atoms with Gasteiger partial charge in [-0.05, 0) is 37.0 Å². The van der Waals surface area contributed by atoms with Gasteiger partial charge in [-0.3, -0.25) is 34.7 Å². The molecule has 1 fully saturated rings. The minimum atomic E-state index is -0.985. The summed E-state index contributed by atoms with van der Waals surface area (Å²) in [4.78, 5) is 61.9. The Bertz CT molecular complexity index is 1130. The fourth-order valence-corrected chi connectivity index (χ4v) is 3.73. The molecule has 12 heteroatoms. The van der Waals surface area contributed by atoms with Gasteiger partial charge in [0.1, 0.15) is 6.04 Å². The molecule has 32 heavy (non-hydrogen) atoms. The number of urea groups is 1. The molecule has 3 N–H and O–H groups in total. The second-order valence-corrected chi connectivity index (χ2v) is 7.55. The molecule has 1 unspecified atom stereocenters. The monoisotopic (exact) mass is 439 g/mol. The van der Waals surface area contributed by atoms with Crippen LogP contribution in [0.2, 0.25) is 0 Å². The van der Waals surface area contributed by atoms with E-state index in [4.69, 9.17) is 0 Å². The third kappa shape index (κ3) is 4.06. The predicted octanol–water partition coefficient (Wildman–Crippen LogP) is -0.0294. The average Bonchev–Trinajstić information content (AvgIpc) is 3.26. The van der Waals surface area contributed by atoms with Crippen LogP contribution < -0.4 is 16.0 Å². The number of anilines is 1. The van der Waals surface area contributed by atoms with Gasteiger partial charge in [-0.1, -0.05) is 11.3 Å². The van der Waals surface area contributed by atoms with Crippen molar-refractivity contribution < 1.29 is 24.0 Å². The van der Waals surface area contributed by atoms with Crippen LogP contribution >= 0.6 is 0 Å². The summed E-state index contributed by atoms with van der Waals surface area (Å²) in [7, 11) is 1.66. The van der Waals surface area contributed by atoms with Crippen LogP contribution in [0.3, 0.4) is 0 Å². The van der Waals surface area contributed by atoms with Gasteiger partial charge in [0.2, 0.25) is 11.8 Å². The van der Waals surface area contributed by atoms with Crippen molar-refractivity contribution in [1.29, 1.82) is 0 Å². The highest BCUT2D eigenvalue weighted by Gasteiger charge is 2.44. The smallest absolute Gasteiger partial charge is 0.320 e. The number of hydrogen-bond donors (Lipinski definition) is 3. The molecule has 166 valence electrons. The van der Waals surface area contributed by atoms with E-state index in [1.54, 1.807) is 25.2 Å². The number of carbonyl (C=O) groups excluding carboxylic acids is 5. The Labute approximate surface area is 182 Å². The van der Waals surface area contributed by atoms with Gasteiger partial charge in [-0.15, -0.1) is 5.10 Å². The van der Waals surface area contributed by atoms with Crippen LogP contribution in [-0.4, -0.2) is 62.1 Å². The maximum Gasteiger partial charge on any atom is 0.320 e. The standard InChI is InChI=1S/C20H21N7O5/c1-26-15(10-22-25-26)23-20(32)21-8-2-3-11-4-5-12-13(9-11)19(31)27(18(12)30)14-6-7-16(28)24-17(14)29/h4-5,9-10,14H,2-3,6-8H2,1H3,(H2,21,23,32)(H,24,28,29). The van der Waals surface area contributed by atoms with E-state index in [-0.39, 0.29) is 30.0 Å². The maximum atomic E-state index is 12.8. The molecule has 1 aromatic heterocycles. The first-order valence-corrected chi connectivity index (χ1v) is 10.1. The zero-order chi connectivity index (χ0) is 22.8. The largest absolute Gasteiger partial charge is 0.338 e. The number of aromatic nitrogens is 3. The third-order valence-corrected chi connectivity index (χ3v) is 5.39. The van der Waals surface area contributed by atoms with Crippen LogP contribution in [0.4, 0.5) is 10.6 Å². The van der Waals surface area contributed by atoms with Crippen molar-refractivity contribution in [3.63, 3.8) is 0 Å². The Morgan fingerprint density at radius 3 is 2.69 bits per heavy atom. The van der Waals surface area contributed by atoms with E-state index in [2.05, 4.69) is 26.3 Å². The van der Waals surface area contributed by atoms with E-state index in [1.807, 2.05) is 0 Å². The number of nitrogens with zero attached hydrogens (tertiary/aromatic N) is 4. The maximum absolute atomic E-state index is 12.8. The molecule has 0 radical (unpaired) electrons. The number of imide groups is 2. The van der Waals surface area contributed by atoms with Gasteiger partial charge >= 0.3 is 6.03 Å². The molecule has 6 amide bonds. The molecule has 1 atom stereocenters. The normalized spacial score (nSPS) is 17.9. The Morgan fingerprint density at radius 2 is 1.97 bits per heavy atom. The molecule has 1 aromatic carbocycles. The summed E-state index contributed by atoms with van der Waals surface area (Å²) < 4.78 is 1.43. The first-order valence-electron chi connectivity index (χ1n) is 10.1. The fraction of sp³-hybridized carbons (Fsp3) is 0.350. The molecular weight excluding hydrogens is 418 g/mol. The van der Waals surface area contributed by atoms with Gasteiger partial charge in [0.05, 0.1) is 17.3 Å². The summed E-state index contributed by atoms with van der Waals surface area (Å²) in [6.45, 7) is 0.392. The van der Waals surface area contributed by atoms with E-state index < -0.39 is 29.7 Å². The van der Waals surface area contributed by atoms with Gasteiger partial charge in [-0.2, -0.15) is 0 Å². The minimum Gasteiger partial charge on any atom is -0.338 e. The summed E-state index contributed by atoms with van der Waals surface area (Å²) in [6, 6.07) is 3.60. The first kappa shape index (κ1) is 21.2. The van der Waals surface area contributed by atoms with Gasteiger partial charge in [0.25, 0.3) is 11.8 Å². The number of aryl methyl sites for hydroxylation is 2.